The molecule has 1 aromatic heterocycles. The van der Waals surface area contributed by atoms with Crippen molar-refractivity contribution < 1.29 is 13.2 Å². The van der Waals surface area contributed by atoms with Gasteiger partial charge in [-0.15, -0.1) is 11.3 Å². The molecule has 1 amide bonds. The molecule has 0 aliphatic heterocycles. The quantitative estimate of drug-likeness (QED) is 0.878. The van der Waals surface area contributed by atoms with E-state index < -0.39 is 9.05 Å². The molecule has 20 heavy (non-hydrogen) atoms. The van der Waals surface area contributed by atoms with Gasteiger partial charge in [0, 0.05) is 21.7 Å². The third-order valence-corrected chi connectivity index (χ3v) is 4.61. The van der Waals surface area contributed by atoms with Crippen LogP contribution in [0.4, 0.5) is 5.69 Å². The second kappa shape index (κ2) is 5.51. The lowest BCUT2D eigenvalue weighted by atomic mass is 10.1. The van der Waals surface area contributed by atoms with Crippen LogP contribution in [0.15, 0.2) is 27.9 Å². The Morgan fingerprint density at radius 2 is 1.90 bits per heavy atom. The molecule has 0 bridgehead atoms. The summed E-state index contributed by atoms with van der Waals surface area (Å²) in [6.07, 6.45) is 0. The molecule has 0 saturated heterocycles. The lowest BCUT2D eigenvalue weighted by Gasteiger charge is -2.12. The Hall–Kier alpha value is -1.44. The standard InChI is InChI=1S/C12H11ClN2O3S2/c1-7-3-9(20(13,17)18)4-8(2)11(7)15-12(16)10-5-19-6-14-10/h3-6H,1-2H3,(H,15,16). The zero-order valence-electron chi connectivity index (χ0n) is 10.7. The van der Waals surface area contributed by atoms with E-state index in [2.05, 4.69) is 10.3 Å². The van der Waals surface area contributed by atoms with Crippen LogP contribution < -0.4 is 5.32 Å². The summed E-state index contributed by atoms with van der Waals surface area (Å²) in [6, 6.07) is 2.85. The van der Waals surface area contributed by atoms with Gasteiger partial charge in [-0.3, -0.25) is 4.79 Å². The molecule has 1 heterocycles. The molecule has 0 unspecified atom stereocenters. The van der Waals surface area contributed by atoms with Gasteiger partial charge < -0.3 is 5.32 Å². The van der Waals surface area contributed by atoms with Crippen molar-refractivity contribution in [2.75, 3.05) is 5.32 Å². The monoisotopic (exact) mass is 330 g/mol. The second-order valence-corrected chi connectivity index (χ2v) is 7.48. The lowest BCUT2D eigenvalue weighted by molar-refractivity contribution is 0.102. The smallest absolute Gasteiger partial charge is 0.275 e. The van der Waals surface area contributed by atoms with E-state index in [9.17, 15) is 13.2 Å². The molecular formula is C12H11ClN2O3S2. The van der Waals surface area contributed by atoms with E-state index in [-0.39, 0.29) is 10.8 Å². The van der Waals surface area contributed by atoms with E-state index in [1.165, 1.54) is 23.5 Å². The van der Waals surface area contributed by atoms with E-state index in [0.717, 1.165) is 0 Å². The fraction of sp³-hybridized carbons (Fsp3) is 0.167. The molecule has 0 saturated carbocycles. The van der Waals surface area contributed by atoms with Crippen molar-refractivity contribution in [3.63, 3.8) is 0 Å². The SMILES string of the molecule is Cc1cc(S(=O)(=O)Cl)cc(C)c1NC(=O)c1cscn1. The van der Waals surface area contributed by atoms with Crippen LogP contribution in [0.2, 0.25) is 0 Å². The first-order chi connectivity index (χ1) is 9.29. The molecule has 2 aromatic rings. The topological polar surface area (TPSA) is 76.1 Å². The molecule has 0 spiro atoms. The number of hydrogen-bond acceptors (Lipinski definition) is 5. The highest BCUT2D eigenvalue weighted by molar-refractivity contribution is 8.13. The average molecular weight is 331 g/mol. The van der Waals surface area contributed by atoms with Gasteiger partial charge in [-0.1, -0.05) is 0 Å². The van der Waals surface area contributed by atoms with Gasteiger partial charge in [0.25, 0.3) is 15.0 Å². The molecule has 5 nitrogen and oxygen atoms in total. The summed E-state index contributed by atoms with van der Waals surface area (Å²) in [5, 5.41) is 4.36. The number of rotatable bonds is 3. The number of carbonyl (C=O) groups excluding carboxylic acids is 1. The van der Waals surface area contributed by atoms with E-state index >= 15 is 0 Å². The van der Waals surface area contributed by atoms with Crippen molar-refractivity contribution in [2.24, 2.45) is 0 Å². The number of aromatic nitrogens is 1. The number of nitrogens with one attached hydrogen (secondary N) is 1. The van der Waals surface area contributed by atoms with Gasteiger partial charge in [-0.05, 0) is 37.1 Å². The van der Waals surface area contributed by atoms with Crippen LogP contribution in [0.5, 0.6) is 0 Å². The Morgan fingerprint density at radius 3 is 2.35 bits per heavy atom. The summed E-state index contributed by atoms with van der Waals surface area (Å²) in [5.74, 6) is -0.334. The summed E-state index contributed by atoms with van der Waals surface area (Å²) in [5.41, 5.74) is 3.69. The highest BCUT2D eigenvalue weighted by atomic mass is 35.7. The van der Waals surface area contributed by atoms with Crippen LogP contribution >= 0.6 is 22.0 Å². The Labute approximate surface area is 125 Å². The highest BCUT2D eigenvalue weighted by Crippen LogP contribution is 2.26. The van der Waals surface area contributed by atoms with Crippen molar-refractivity contribution >= 4 is 42.7 Å². The van der Waals surface area contributed by atoms with Crippen LogP contribution in [-0.4, -0.2) is 19.3 Å². The van der Waals surface area contributed by atoms with Crippen molar-refractivity contribution in [1.82, 2.24) is 4.98 Å². The van der Waals surface area contributed by atoms with Crippen molar-refractivity contribution in [1.29, 1.82) is 0 Å². The maximum atomic E-state index is 12.0. The third kappa shape index (κ3) is 3.17. The molecule has 0 atom stereocenters. The molecule has 0 fully saturated rings. The molecule has 106 valence electrons. The average Bonchev–Trinajstić information content (AvgIpc) is 2.85. The van der Waals surface area contributed by atoms with Crippen LogP contribution in [0.1, 0.15) is 21.6 Å². The van der Waals surface area contributed by atoms with E-state index in [0.29, 0.717) is 22.5 Å². The maximum absolute atomic E-state index is 12.0. The van der Waals surface area contributed by atoms with Gasteiger partial charge >= 0.3 is 0 Å². The van der Waals surface area contributed by atoms with Gasteiger partial charge in [-0.2, -0.15) is 0 Å². The third-order valence-electron chi connectivity index (χ3n) is 2.69. The van der Waals surface area contributed by atoms with Crippen LogP contribution in [-0.2, 0) is 9.05 Å². The van der Waals surface area contributed by atoms with Crippen molar-refractivity contribution in [3.8, 4) is 0 Å². The number of thiazole rings is 1. The summed E-state index contributed by atoms with van der Waals surface area (Å²) in [7, 11) is 1.53. The Balaban J connectivity index is 2.37. The zero-order chi connectivity index (χ0) is 14.9. The molecule has 2 rings (SSSR count). The van der Waals surface area contributed by atoms with E-state index in [1.54, 1.807) is 24.7 Å². The fourth-order valence-electron chi connectivity index (χ4n) is 1.76. The number of anilines is 1. The Bertz CT molecular complexity index is 732. The minimum Gasteiger partial charge on any atom is -0.320 e. The van der Waals surface area contributed by atoms with Gasteiger partial charge in [0.2, 0.25) is 0 Å². The predicted molar refractivity (Wildman–Crippen MR) is 79.0 cm³/mol. The number of halogens is 1. The van der Waals surface area contributed by atoms with E-state index in [1.807, 2.05) is 0 Å². The van der Waals surface area contributed by atoms with Crippen LogP contribution in [0.3, 0.4) is 0 Å². The Kier molecular flexibility index (Phi) is 4.12. The van der Waals surface area contributed by atoms with Gasteiger partial charge in [0.15, 0.2) is 0 Å². The number of amides is 1. The number of benzene rings is 1. The van der Waals surface area contributed by atoms with Gasteiger partial charge in [-0.25, -0.2) is 13.4 Å². The molecule has 0 radical (unpaired) electrons. The lowest BCUT2D eigenvalue weighted by Crippen LogP contribution is -2.14. The number of nitrogens with zero attached hydrogens (tertiary/aromatic N) is 1. The minimum absolute atomic E-state index is 0.0147. The zero-order valence-corrected chi connectivity index (χ0v) is 13.1. The molecular weight excluding hydrogens is 320 g/mol. The van der Waals surface area contributed by atoms with Gasteiger partial charge in [0.05, 0.1) is 10.4 Å². The second-order valence-electron chi connectivity index (χ2n) is 4.20. The Morgan fingerprint density at radius 1 is 1.30 bits per heavy atom. The highest BCUT2D eigenvalue weighted by Gasteiger charge is 2.16. The number of carbonyl (C=O) groups is 1. The van der Waals surface area contributed by atoms with Crippen molar-refractivity contribution in [3.05, 3.63) is 39.8 Å². The largest absolute Gasteiger partial charge is 0.320 e. The van der Waals surface area contributed by atoms with Crippen LogP contribution in [0.25, 0.3) is 0 Å². The summed E-state index contributed by atoms with van der Waals surface area (Å²) < 4.78 is 22.7. The maximum Gasteiger partial charge on any atom is 0.275 e. The molecule has 1 aromatic carbocycles. The fourth-order valence-corrected chi connectivity index (χ4v) is 3.20. The molecule has 1 N–H and O–H groups in total. The first-order valence-corrected chi connectivity index (χ1v) is 8.79. The normalized spacial score (nSPS) is 11.3. The van der Waals surface area contributed by atoms with Crippen molar-refractivity contribution in [2.45, 2.75) is 18.7 Å². The number of hydrogen-bond donors (Lipinski definition) is 1. The van der Waals surface area contributed by atoms with Crippen LogP contribution in [0, 0.1) is 13.8 Å². The molecule has 0 aliphatic rings. The first kappa shape index (κ1) is 15.0. The molecule has 0 aliphatic carbocycles. The summed E-state index contributed by atoms with van der Waals surface area (Å²) in [6.45, 7) is 3.41. The molecule has 8 heteroatoms. The van der Waals surface area contributed by atoms with E-state index in [4.69, 9.17) is 10.7 Å². The predicted octanol–water partition coefficient (Wildman–Crippen LogP) is 2.94. The summed E-state index contributed by atoms with van der Waals surface area (Å²) in [4.78, 5) is 15.9. The number of aryl methyl sites for hydroxylation is 2. The summed E-state index contributed by atoms with van der Waals surface area (Å²) >= 11 is 1.32. The first-order valence-electron chi connectivity index (χ1n) is 5.54. The van der Waals surface area contributed by atoms with Gasteiger partial charge in [0.1, 0.15) is 5.69 Å². The minimum atomic E-state index is -3.79.